The average molecular weight is 221 g/mol. The summed E-state index contributed by atoms with van der Waals surface area (Å²) in [6, 6.07) is 0. The summed E-state index contributed by atoms with van der Waals surface area (Å²) >= 11 is 0. The Morgan fingerprint density at radius 2 is 2.06 bits per heavy atom. The SMILES string of the molecule is CCn1nc(C)c2nc(N)n(CC(C)C)c21. The minimum atomic E-state index is 0.542. The van der Waals surface area contributed by atoms with Crippen LogP contribution < -0.4 is 5.73 Å². The maximum atomic E-state index is 5.95. The van der Waals surface area contributed by atoms with Crippen LogP contribution in [-0.4, -0.2) is 19.3 Å². The number of imidazole rings is 1. The summed E-state index contributed by atoms with van der Waals surface area (Å²) in [6.45, 7) is 10.1. The van der Waals surface area contributed by atoms with Crippen LogP contribution in [0.3, 0.4) is 0 Å². The number of anilines is 1. The van der Waals surface area contributed by atoms with Crippen molar-refractivity contribution in [2.45, 2.75) is 40.8 Å². The van der Waals surface area contributed by atoms with Crippen LogP contribution >= 0.6 is 0 Å². The summed E-state index contributed by atoms with van der Waals surface area (Å²) in [7, 11) is 0. The highest BCUT2D eigenvalue weighted by atomic mass is 15.4. The highest BCUT2D eigenvalue weighted by Crippen LogP contribution is 2.22. The quantitative estimate of drug-likeness (QED) is 0.859. The normalized spacial score (nSPS) is 11.8. The van der Waals surface area contributed by atoms with Gasteiger partial charge in [-0.3, -0.25) is 4.57 Å². The Morgan fingerprint density at radius 3 is 2.62 bits per heavy atom. The van der Waals surface area contributed by atoms with E-state index in [-0.39, 0.29) is 0 Å². The molecule has 0 amide bonds. The number of fused-ring (bicyclic) bond motifs is 1. The molecular weight excluding hydrogens is 202 g/mol. The number of hydrogen-bond acceptors (Lipinski definition) is 3. The van der Waals surface area contributed by atoms with Gasteiger partial charge in [-0.1, -0.05) is 13.8 Å². The van der Waals surface area contributed by atoms with Crippen molar-refractivity contribution in [2.24, 2.45) is 5.92 Å². The van der Waals surface area contributed by atoms with Crippen molar-refractivity contribution in [3.05, 3.63) is 5.69 Å². The molecule has 0 unspecified atom stereocenters. The Balaban J connectivity index is 2.65. The smallest absolute Gasteiger partial charge is 0.202 e. The van der Waals surface area contributed by atoms with Gasteiger partial charge in [-0.05, 0) is 19.8 Å². The van der Waals surface area contributed by atoms with E-state index in [9.17, 15) is 0 Å². The highest BCUT2D eigenvalue weighted by molar-refractivity contribution is 5.77. The first-order valence-corrected chi connectivity index (χ1v) is 5.73. The van der Waals surface area contributed by atoms with E-state index in [0.717, 1.165) is 29.9 Å². The Labute approximate surface area is 95.3 Å². The topological polar surface area (TPSA) is 61.7 Å². The lowest BCUT2D eigenvalue weighted by Gasteiger charge is -2.10. The van der Waals surface area contributed by atoms with Gasteiger partial charge in [-0.25, -0.2) is 9.67 Å². The van der Waals surface area contributed by atoms with E-state index in [1.165, 1.54) is 0 Å². The molecule has 88 valence electrons. The van der Waals surface area contributed by atoms with E-state index in [1.807, 2.05) is 11.6 Å². The van der Waals surface area contributed by atoms with Crippen LogP contribution in [-0.2, 0) is 13.1 Å². The fourth-order valence-corrected chi connectivity index (χ4v) is 2.01. The van der Waals surface area contributed by atoms with E-state index in [0.29, 0.717) is 11.9 Å². The Kier molecular flexibility index (Phi) is 2.61. The fraction of sp³-hybridized carbons (Fsp3) is 0.636. The number of nitrogens with two attached hydrogens (primary N) is 1. The van der Waals surface area contributed by atoms with Crippen molar-refractivity contribution in [1.82, 2.24) is 19.3 Å². The van der Waals surface area contributed by atoms with E-state index in [4.69, 9.17) is 5.73 Å². The van der Waals surface area contributed by atoms with Crippen LogP contribution in [0.25, 0.3) is 11.2 Å². The summed E-state index contributed by atoms with van der Waals surface area (Å²) in [5.41, 5.74) is 8.88. The van der Waals surface area contributed by atoms with Gasteiger partial charge in [-0.15, -0.1) is 0 Å². The molecule has 0 saturated carbocycles. The monoisotopic (exact) mass is 221 g/mol. The molecule has 0 spiro atoms. The summed E-state index contributed by atoms with van der Waals surface area (Å²) in [4.78, 5) is 4.39. The molecule has 0 aliphatic carbocycles. The molecule has 0 aliphatic heterocycles. The van der Waals surface area contributed by atoms with Gasteiger partial charge in [0.15, 0.2) is 5.65 Å². The average Bonchev–Trinajstić information content (AvgIpc) is 2.67. The summed E-state index contributed by atoms with van der Waals surface area (Å²) in [5, 5.41) is 4.46. The van der Waals surface area contributed by atoms with Gasteiger partial charge < -0.3 is 5.73 Å². The lowest BCUT2D eigenvalue weighted by molar-refractivity contribution is 0.524. The molecule has 5 heteroatoms. The highest BCUT2D eigenvalue weighted by Gasteiger charge is 2.16. The van der Waals surface area contributed by atoms with Gasteiger partial charge in [0.1, 0.15) is 5.52 Å². The first kappa shape index (κ1) is 11.0. The predicted molar refractivity (Wildman–Crippen MR) is 65.2 cm³/mol. The molecule has 2 heterocycles. The van der Waals surface area contributed by atoms with Gasteiger partial charge in [0.25, 0.3) is 0 Å². The van der Waals surface area contributed by atoms with E-state index >= 15 is 0 Å². The number of nitrogen functional groups attached to an aromatic ring is 1. The largest absolute Gasteiger partial charge is 0.369 e. The van der Waals surface area contributed by atoms with Gasteiger partial charge in [0, 0.05) is 13.1 Å². The number of hydrogen-bond donors (Lipinski definition) is 1. The molecule has 0 atom stereocenters. The summed E-state index contributed by atoms with van der Waals surface area (Å²) < 4.78 is 4.03. The lowest BCUT2D eigenvalue weighted by atomic mass is 10.2. The zero-order valence-electron chi connectivity index (χ0n) is 10.4. The Morgan fingerprint density at radius 1 is 1.38 bits per heavy atom. The maximum Gasteiger partial charge on any atom is 0.202 e. The molecule has 2 aromatic heterocycles. The second-order valence-electron chi connectivity index (χ2n) is 4.55. The standard InChI is InChI=1S/C11H19N5/c1-5-16-10-9(8(4)14-16)13-11(12)15(10)6-7(2)3/h7H,5-6H2,1-4H3,(H2,12,13). The molecule has 2 aromatic rings. The minimum Gasteiger partial charge on any atom is -0.369 e. The third kappa shape index (κ3) is 1.56. The van der Waals surface area contributed by atoms with Crippen LogP contribution in [0.2, 0.25) is 0 Å². The molecule has 0 bridgehead atoms. The molecule has 16 heavy (non-hydrogen) atoms. The van der Waals surface area contributed by atoms with Crippen LogP contribution in [0.4, 0.5) is 5.95 Å². The number of rotatable bonds is 3. The van der Waals surface area contributed by atoms with E-state index in [2.05, 4.69) is 35.4 Å². The van der Waals surface area contributed by atoms with Crippen molar-refractivity contribution in [2.75, 3.05) is 5.73 Å². The molecule has 0 radical (unpaired) electrons. The number of aromatic nitrogens is 4. The molecule has 2 rings (SSSR count). The van der Waals surface area contributed by atoms with Crippen LogP contribution in [0.5, 0.6) is 0 Å². The second-order valence-corrected chi connectivity index (χ2v) is 4.55. The summed E-state index contributed by atoms with van der Waals surface area (Å²) in [6.07, 6.45) is 0. The fourth-order valence-electron chi connectivity index (χ4n) is 2.01. The number of nitrogens with zero attached hydrogens (tertiary/aromatic N) is 4. The zero-order chi connectivity index (χ0) is 11.9. The van der Waals surface area contributed by atoms with E-state index in [1.54, 1.807) is 0 Å². The zero-order valence-corrected chi connectivity index (χ0v) is 10.4. The maximum absolute atomic E-state index is 5.95. The molecule has 0 aromatic carbocycles. The van der Waals surface area contributed by atoms with Crippen molar-refractivity contribution >= 4 is 17.1 Å². The molecule has 5 nitrogen and oxygen atoms in total. The van der Waals surface area contributed by atoms with Gasteiger partial charge in [0.05, 0.1) is 5.69 Å². The molecule has 0 fully saturated rings. The third-order valence-corrected chi connectivity index (χ3v) is 2.68. The van der Waals surface area contributed by atoms with Crippen molar-refractivity contribution in [1.29, 1.82) is 0 Å². The number of aryl methyl sites for hydroxylation is 2. The molecule has 0 saturated heterocycles. The van der Waals surface area contributed by atoms with Crippen LogP contribution in [0.15, 0.2) is 0 Å². The predicted octanol–water partition coefficient (Wildman–Crippen LogP) is 1.80. The van der Waals surface area contributed by atoms with Crippen molar-refractivity contribution < 1.29 is 0 Å². The van der Waals surface area contributed by atoms with Crippen molar-refractivity contribution in [3.63, 3.8) is 0 Å². The van der Waals surface area contributed by atoms with Crippen LogP contribution in [0, 0.1) is 12.8 Å². The molecule has 0 aliphatic rings. The summed E-state index contributed by atoms with van der Waals surface area (Å²) in [5.74, 6) is 1.13. The lowest BCUT2D eigenvalue weighted by Crippen LogP contribution is -2.11. The second kappa shape index (κ2) is 3.81. The van der Waals surface area contributed by atoms with Gasteiger partial charge >= 0.3 is 0 Å². The van der Waals surface area contributed by atoms with E-state index < -0.39 is 0 Å². The third-order valence-electron chi connectivity index (χ3n) is 2.68. The molecule has 2 N–H and O–H groups in total. The Bertz CT molecular complexity index is 506. The van der Waals surface area contributed by atoms with Gasteiger partial charge in [0.2, 0.25) is 5.95 Å². The van der Waals surface area contributed by atoms with Crippen LogP contribution in [0.1, 0.15) is 26.5 Å². The minimum absolute atomic E-state index is 0.542. The first-order chi connectivity index (χ1) is 7.54. The molecular formula is C11H19N5. The first-order valence-electron chi connectivity index (χ1n) is 5.73. The van der Waals surface area contributed by atoms with Crippen molar-refractivity contribution in [3.8, 4) is 0 Å². The Hall–Kier alpha value is -1.52. The van der Waals surface area contributed by atoms with Gasteiger partial charge in [-0.2, -0.15) is 5.10 Å².